The fraction of sp³-hybridized carbons (Fsp3) is 0.571. The lowest BCUT2D eigenvalue weighted by atomic mass is 10.1. The van der Waals surface area contributed by atoms with Gasteiger partial charge in [0.1, 0.15) is 0 Å². The minimum Gasteiger partial charge on any atom is -0.472 e. The van der Waals surface area contributed by atoms with Gasteiger partial charge in [-0.15, -0.1) is 0 Å². The van der Waals surface area contributed by atoms with E-state index in [1.165, 1.54) is 0 Å². The zero-order chi connectivity index (χ0) is 7.40. The third-order valence-corrected chi connectivity index (χ3v) is 2.48. The largest absolute Gasteiger partial charge is 0.472 e. The maximum atomic E-state index is 9.98. The molecule has 0 aliphatic carbocycles. The normalized spacial score (nSPS) is 23.4. The number of thioether (sulfide) groups is 1. The molecule has 1 fully saturated rings. The number of hydrogen-bond acceptors (Lipinski definition) is 2. The third kappa shape index (κ3) is 2.32. The van der Waals surface area contributed by atoms with Crippen molar-refractivity contribution in [2.75, 3.05) is 11.5 Å². The van der Waals surface area contributed by atoms with Crippen LogP contribution in [0, 0.1) is 17.8 Å². The smallest absolute Gasteiger partial charge is 0.381 e. The molecule has 3 heteroatoms. The van der Waals surface area contributed by atoms with Gasteiger partial charge in [0.25, 0.3) is 0 Å². The summed E-state index contributed by atoms with van der Waals surface area (Å²) in [4.78, 5) is 9.98. The quantitative estimate of drug-likeness (QED) is 0.528. The van der Waals surface area contributed by atoms with Gasteiger partial charge in [0, 0.05) is 17.6 Å². The van der Waals surface area contributed by atoms with Gasteiger partial charge in [-0.2, -0.15) is 11.8 Å². The molecule has 0 spiro atoms. The molecule has 1 unspecified atom stereocenters. The van der Waals surface area contributed by atoms with E-state index >= 15 is 0 Å². The molecule has 0 aromatic heterocycles. The molecule has 1 atom stereocenters. The monoisotopic (exact) mass is 156 g/mol. The van der Waals surface area contributed by atoms with Gasteiger partial charge in [-0.05, 0) is 12.2 Å². The van der Waals surface area contributed by atoms with Crippen molar-refractivity contribution in [1.82, 2.24) is 0 Å². The molecule has 1 N–H and O–H groups in total. The number of carboxylic acids is 1. The van der Waals surface area contributed by atoms with Crippen LogP contribution in [0.5, 0.6) is 0 Å². The Balaban J connectivity index is 2.38. The van der Waals surface area contributed by atoms with Gasteiger partial charge in [-0.1, -0.05) is 5.92 Å². The Labute approximate surface area is 64.0 Å². The Bertz CT molecular complexity index is 184. The summed E-state index contributed by atoms with van der Waals surface area (Å²) in [6.07, 6.45) is 1.05. The second-order valence-corrected chi connectivity index (χ2v) is 3.28. The maximum Gasteiger partial charge on any atom is 0.381 e. The Morgan fingerprint density at radius 2 is 2.50 bits per heavy atom. The highest BCUT2D eigenvalue weighted by molar-refractivity contribution is 7.99. The molecule has 54 valence electrons. The molecule has 10 heavy (non-hydrogen) atoms. The molecule has 1 heterocycles. The molecule has 0 radical (unpaired) electrons. The molecule has 0 aromatic carbocycles. The van der Waals surface area contributed by atoms with Crippen molar-refractivity contribution in [3.8, 4) is 11.8 Å². The zero-order valence-electron chi connectivity index (χ0n) is 5.46. The number of rotatable bonds is 0. The first kappa shape index (κ1) is 7.49. The molecule has 1 saturated heterocycles. The van der Waals surface area contributed by atoms with Crippen LogP contribution in [0.2, 0.25) is 0 Å². The summed E-state index contributed by atoms with van der Waals surface area (Å²) >= 11 is 1.84. The average Bonchev–Trinajstić information content (AvgIpc) is 2.34. The van der Waals surface area contributed by atoms with E-state index in [9.17, 15) is 4.79 Å². The first-order valence-corrected chi connectivity index (χ1v) is 4.26. The second-order valence-electron chi connectivity index (χ2n) is 2.14. The first-order valence-electron chi connectivity index (χ1n) is 3.11. The number of hydrogen-bond donors (Lipinski definition) is 1. The Kier molecular flexibility index (Phi) is 2.64. The molecule has 0 amide bonds. The summed E-state index contributed by atoms with van der Waals surface area (Å²) in [5, 5.41) is 8.19. The van der Waals surface area contributed by atoms with E-state index in [1.807, 2.05) is 11.8 Å². The van der Waals surface area contributed by atoms with Crippen LogP contribution < -0.4 is 0 Å². The maximum absolute atomic E-state index is 9.98. The van der Waals surface area contributed by atoms with Crippen LogP contribution in [0.25, 0.3) is 0 Å². The summed E-state index contributed by atoms with van der Waals surface area (Å²) in [7, 11) is 0. The fourth-order valence-electron chi connectivity index (χ4n) is 0.812. The molecule has 0 aromatic rings. The Morgan fingerprint density at radius 3 is 3.00 bits per heavy atom. The summed E-state index contributed by atoms with van der Waals surface area (Å²) < 4.78 is 0. The van der Waals surface area contributed by atoms with Gasteiger partial charge >= 0.3 is 5.97 Å². The van der Waals surface area contributed by atoms with Gasteiger partial charge < -0.3 is 5.11 Å². The number of carbonyl (C=O) groups is 1. The summed E-state index contributed by atoms with van der Waals surface area (Å²) in [5.41, 5.74) is 0. The average molecular weight is 156 g/mol. The lowest BCUT2D eigenvalue weighted by molar-refractivity contribution is -0.130. The van der Waals surface area contributed by atoms with Crippen molar-refractivity contribution in [3.05, 3.63) is 0 Å². The van der Waals surface area contributed by atoms with E-state index in [-0.39, 0.29) is 0 Å². The van der Waals surface area contributed by atoms with E-state index in [1.54, 1.807) is 0 Å². The minimum atomic E-state index is -1.02. The van der Waals surface area contributed by atoms with Crippen molar-refractivity contribution >= 4 is 17.7 Å². The molecule has 0 bridgehead atoms. The van der Waals surface area contributed by atoms with E-state index < -0.39 is 5.97 Å². The molecule has 1 aliphatic rings. The predicted octanol–water partition coefficient (Wildman–Crippen LogP) is 0.828. The minimum absolute atomic E-state index is 0.320. The van der Waals surface area contributed by atoms with Crippen molar-refractivity contribution in [1.29, 1.82) is 0 Å². The highest BCUT2D eigenvalue weighted by Crippen LogP contribution is 2.22. The fourth-order valence-corrected chi connectivity index (χ4v) is 1.96. The van der Waals surface area contributed by atoms with Crippen molar-refractivity contribution in [2.24, 2.45) is 5.92 Å². The molecule has 1 aliphatic heterocycles. The van der Waals surface area contributed by atoms with Gasteiger partial charge in [0.2, 0.25) is 0 Å². The van der Waals surface area contributed by atoms with Crippen molar-refractivity contribution < 1.29 is 9.90 Å². The third-order valence-electron chi connectivity index (χ3n) is 1.31. The van der Waals surface area contributed by atoms with E-state index in [0.717, 1.165) is 17.9 Å². The lowest BCUT2D eigenvalue weighted by Gasteiger charge is -1.91. The molecular weight excluding hydrogens is 148 g/mol. The van der Waals surface area contributed by atoms with Crippen LogP contribution in [0.15, 0.2) is 0 Å². The second kappa shape index (κ2) is 3.52. The van der Waals surface area contributed by atoms with E-state index in [0.29, 0.717) is 5.92 Å². The van der Waals surface area contributed by atoms with Crippen molar-refractivity contribution in [2.45, 2.75) is 6.42 Å². The van der Waals surface area contributed by atoms with Crippen LogP contribution in [-0.2, 0) is 4.79 Å². The van der Waals surface area contributed by atoms with Gasteiger partial charge in [0.05, 0.1) is 0 Å². The van der Waals surface area contributed by atoms with Crippen LogP contribution in [0.4, 0.5) is 0 Å². The summed E-state index contributed by atoms with van der Waals surface area (Å²) in [5.74, 6) is 6.28. The molecule has 2 nitrogen and oxygen atoms in total. The standard InChI is InChI=1S/C7H8O2S/c8-7(9)2-1-6-3-4-10-5-6/h6H,3-5H2,(H,8,9). The van der Waals surface area contributed by atoms with E-state index in [4.69, 9.17) is 5.11 Å². The predicted molar refractivity (Wildman–Crippen MR) is 40.8 cm³/mol. The number of carboxylic acid groups (broad SMARTS) is 1. The highest BCUT2D eigenvalue weighted by atomic mass is 32.2. The Hall–Kier alpha value is -0.620. The summed E-state index contributed by atoms with van der Waals surface area (Å²) in [6.45, 7) is 0. The van der Waals surface area contributed by atoms with Crippen LogP contribution in [-0.4, -0.2) is 22.6 Å². The Morgan fingerprint density at radius 1 is 1.70 bits per heavy atom. The van der Waals surface area contributed by atoms with Gasteiger partial charge in [-0.25, -0.2) is 4.79 Å². The first-order chi connectivity index (χ1) is 4.79. The lowest BCUT2D eigenvalue weighted by Crippen LogP contribution is -1.95. The topological polar surface area (TPSA) is 37.3 Å². The summed E-state index contributed by atoms with van der Waals surface area (Å²) in [6, 6.07) is 0. The van der Waals surface area contributed by atoms with Crippen LogP contribution >= 0.6 is 11.8 Å². The van der Waals surface area contributed by atoms with Crippen molar-refractivity contribution in [3.63, 3.8) is 0 Å². The molecule has 1 rings (SSSR count). The molecular formula is C7H8O2S. The SMILES string of the molecule is O=C(O)C#CC1CCSC1. The number of aliphatic carboxylic acids is 1. The van der Waals surface area contributed by atoms with E-state index in [2.05, 4.69) is 11.8 Å². The highest BCUT2D eigenvalue weighted by Gasteiger charge is 2.11. The van der Waals surface area contributed by atoms with Gasteiger partial charge in [0.15, 0.2) is 0 Å². The van der Waals surface area contributed by atoms with Crippen LogP contribution in [0.3, 0.4) is 0 Å². The van der Waals surface area contributed by atoms with Gasteiger partial charge in [-0.3, -0.25) is 0 Å². The molecule has 0 saturated carbocycles. The zero-order valence-corrected chi connectivity index (χ0v) is 6.28. The van der Waals surface area contributed by atoms with Crippen LogP contribution in [0.1, 0.15) is 6.42 Å².